The lowest BCUT2D eigenvalue weighted by atomic mass is 9.50. The van der Waals surface area contributed by atoms with Crippen molar-refractivity contribution in [3.8, 4) is 0 Å². The summed E-state index contributed by atoms with van der Waals surface area (Å²) in [6.07, 6.45) is 2.44. The first kappa shape index (κ1) is 14.7. The Labute approximate surface area is 121 Å². The Bertz CT molecular complexity index is 489. The van der Waals surface area contributed by atoms with Crippen molar-refractivity contribution in [3.63, 3.8) is 0 Å². The lowest BCUT2D eigenvalue weighted by Crippen LogP contribution is -2.57. The molecule has 0 aromatic carbocycles. The first-order valence-corrected chi connectivity index (χ1v) is 7.22. The number of aliphatic hydroxyl groups is 1. The number of hydrogen-bond donors (Lipinski definition) is 2. The van der Waals surface area contributed by atoms with Crippen molar-refractivity contribution in [2.45, 2.75) is 63.6 Å². The fourth-order valence-electron chi connectivity index (χ4n) is 4.03. The van der Waals surface area contributed by atoms with Crippen LogP contribution >= 0.6 is 0 Å². The summed E-state index contributed by atoms with van der Waals surface area (Å²) in [4.78, 5) is 16.5. The molecule has 0 radical (unpaired) electrons. The van der Waals surface area contributed by atoms with Crippen molar-refractivity contribution < 1.29 is 28.6 Å². The van der Waals surface area contributed by atoms with Crippen LogP contribution in [0.1, 0.15) is 51.9 Å². The Morgan fingerprint density at radius 3 is 2.14 bits per heavy atom. The summed E-state index contributed by atoms with van der Waals surface area (Å²) >= 11 is 0. The molecule has 1 heterocycles. The number of carboxylic acids is 1. The number of carboxylic acid groups (broad SMARTS) is 1. The molecule has 1 atom stereocenters. The predicted molar refractivity (Wildman–Crippen MR) is 68.9 cm³/mol. The third kappa shape index (κ3) is 1.97. The highest BCUT2D eigenvalue weighted by atomic mass is 19.3. The summed E-state index contributed by atoms with van der Waals surface area (Å²) in [6, 6.07) is 0. The first-order valence-electron chi connectivity index (χ1n) is 7.22. The number of nitrogens with zero attached hydrogens (tertiary/aromatic N) is 1. The molecule has 1 aliphatic heterocycles. The van der Waals surface area contributed by atoms with E-state index in [0.29, 0.717) is 38.5 Å². The molecule has 0 aromatic rings. The molecule has 21 heavy (non-hydrogen) atoms. The molecule has 118 valence electrons. The molecule has 0 spiro atoms. The van der Waals surface area contributed by atoms with Crippen LogP contribution in [0.5, 0.6) is 0 Å². The summed E-state index contributed by atoms with van der Waals surface area (Å²) < 4.78 is 26.7. The van der Waals surface area contributed by atoms with E-state index in [1.807, 2.05) is 0 Å². The average Bonchev–Trinajstić information content (AvgIpc) is 2.85. The molecule has 7 heteroatoms. The second-order valence-electron chi connectivity index (χ2n) is 6.84. The lowest BCUT2D eigenvalue weighted by molar-refractivity contribution is -0.286. The largest absolute Gasteiger partial charge is 0.481 e. The molecule has 3 fully saturated rings. The van der Waals surface area contributed by atoms with Crippen molar-refractivity contribution in [1.82, 2.24) is 0 Å². The molecule has 2 N–H and O–H groups in total. The van der Waals surface area contributed by atoms with Gasteiger partial charge in [-0.25, -0.2) is 8.78 Å². The fourth-order valence-corrected chi connectivity index (χ4v) is 4.03. The molecule has 0 aromatic heterocycles. The Balaban J connectivity index is 1.80. The Hall–Kier alpha value is -1.24. The maximum absolute atomic E-state index is 13.3. The highest BCUT2D eigenvalue weighted by Gasteiger charge is 2.64. The van der Waals surface area contributed by atoms with Gasteiger partial charge in [-0.1, -0.05) is 5.16 Å². The number of rotatable bonds is 3. The van der Waals surface area contributed by atoms with Crippen LogP contribution in [0, 0.1) is 10.8 Å². The van der Waals surface area contributed by atoms with E-state index in [1.54, 1.807) is 0 Å². The van der Waals surface area contributed by atoms with Gasteiger partial charge in [0.1, 0.15) is 5.71 Å². The van der Waals surface area contributed by atoms with Crippen LogP contribution < -0.4 is 0 Å². The minimum Gasteiger partial charge on any atom is -0.481 e. The average molecular weight is 303 g/mol. The zero-order chi connectivity index (χ0) is 15.5. The van der Waals surface area contributed by atoms with Gasteiger partial charge < -0.3 is 15.1 Å². The summed E-state index contributed by atoms with van der Waals surface area (Å²) in [5, 5.41) is 23.5. The third-order valence-corrected chi connectivity index (χ3v) is 5.75. The Kier molecular flexibility index (Phi) is 2.90. The van der Waals surface area contributed by atoms with Crippen molar-refractivity contribution in [2.75, 3.05) is 0 Å². The SMILES string of the molecule is CC(F)(F)C1=NO[C@](O)(C23CCC(C(=O)O)(CC2)CC3)C1. The van der Waals surface area contributed by atoms with Gasteiger partial charge in [0.15, 0.2) is 0 Å². The summed E-state index contributed by atoms with van der Waals surface area (Å²) in [5.41, 5.74) is -1.82. The van der Waals surface area contributed by atoms with Crippen molar-refractivity contribution in [3.05, 3.63) is 0 Å². The predicted octanol–water partition coefficient (Wildman–Crippen LogP) is 2.53. The van der Waals surface area contributed by atoms with E-state index in [2.05, 4.69) is 5.16 Å². The highest BCUT2D eigenvalue weighted by Crippen LogP contribution is 2.62. The number of halogens is 2. The number of alkyl halides is 2. The van der Waals surface area contributed by atoms with E-state index in [4.69, 9.17) is 4.84 Å². The van der Waals surface area contributed by atoms with Crippen LogP contribution in [0.3, 0.4) is 0 Å². The zero-order valence-electron chi connectivity index (χ0n) is 11.9. The van der Waals surface area contributed by atoms with E-state index in [0.717, 1.165) is 6.92 Å². The third-order valence-electron chi connectivity index (χ3n) is 5.75. The molecule has 3 aliphatic carbocycles. The molecule has 0 unspecified atom stereocenters. The quantitative estimate of drug-likeness (QED) is 0.839. The molecule has 5 nitrogen and oxygen atoms in total. The highest BCUT2D eigenvalue weighted by molar-refractivity contribution is 5.92. The van der Waals surface area contributed by atoms with E-state index in [-0.39, 0.29) is 6.42 Å². The number of oxime groups is 1. The topological polar surface area (TPSA) is 79.1 Å². The molecular formula is C14H19F2NO4. The number of fused-ring (bicyclic) bond motifs is 3. The number of carbonyl (C=O) groups is 1. The van der Waals surface area contributed by atoms with Gasteiger partial charge in [-0.05, 0) is 38.5 Å². The summed E-state index contributed by atoms with van der Waals surface area (Å²) in [6.45, 7) is 0.732. The first-order chi connectivity index (χ1) is 9.63. The second-order valence-corrected chi connectivity index (χ2v) is 6.84. The van der Waals surface area contributed by atoms with Crippen molar-refractivity contribution in [1.29, 1.82) is 0 Å². The van der Waals surface area contributed by atoms with Crippen LogP contribution in [0.15, 0.2) is 5.16 Å². The van der Waals surface area contributed by atoms with Crippen LogP contribution in [-0.4, -0.2) is 33.6 Å². The van der Waals surface area contributed by atoms with Crippen LogP contribution in [0.25, 0.3) is 0 Å². The lowest BCUT2D eigenvalue weighted by Gasteiger charge is -2.55. The maximum Gasteiger partial charge on any atom is 0.309 e. The molecule has 0 amide bonds. The van der Waals surface area contributed by atoms with Crippen LogP contribution in [-0.2, 0) is 9.63 Å². The van der Waals surface area contributed by atoms with E-state index in [9.17, 15) is 23.8 Å². The van der Waals surface area contributed by atoms with Gasteiger partial charge in [-0.2, -0.15) is 0 Å². The molecule has 4 aliphatic rings. The normalized spacial score (nSPS) is 42.6. The smallest absolute Gasteiger partial charge is 0.309 e. The molecule has 0 saturated heterocycles. The van der Waals surface area contributed by atoms with Gasteiger partial charge >= 0.3 is 5.97 Å². The van der Waals surface area contributed by atoms with E-state index in [1.165, 1.54) is 0 Å². The summed E-state index contributed by atoms with van der Waals surface area (Å²) in [7, 11) is 0. The van der Waals surface area contributed by atoms with Gasteiger partial charge in [0.25, 0.3) is 5.92 Å². The Morgan fingerprint density at radius 2 is 1.76 bits per heavy atom. The van der Waals surface area contributed by atoms with Crippen molar-refractivity contribution in [2.24, 2.45) is 16.0 Å². The van der Waals surface area contributed by atoms with Crippen LogP contribution in [0.2, 0.25) is 0 Å². The van der Waals surface area contributed by atoms with Gasteiger partial charge in [-0.3, -0.25) is 4.79 Å². The van der Waals surface area contributed by atoms with Crippen molar-refractivity contribution >= 4 is 11.7 Å². The number of aliphatic carboxylic acids is 1. The molecule has 4 rings (SSSR count). The second kappa shape index (κ2) is 4.15. The fraction of sp³-hybridized carbons (Fsp3) is 0.857. The van der Waals surface area contributed by atoms with Gasteiger partial charge in [0, 0.05) is 12.3 Å². The van der Waals surface area contributed by atoms with Gasteiger partial charge in [0.05, 0.1) is 11.8 Å². The van der Waals surface area contributed by atoms with Crippen LogP contribution in [0.4, 0.5) is 8.78 Å². The standard InChI is InChI=1S/C14H19F2NO4/c1-11(15,16)9-8-14(20,21-17-9)13-5-2-12(3-6-13,4-7-13)10(18)19/h20H,2-8H2,1H3,(H,18,19)/t12?,13?,14-/m0/s1. The monoisotopic (exact) mass is 303 g/mol. The summed E-state index contributed by atoms with van der Waals surface area (Å²) in [5.74, 6) is -5.64. The minimum atomic E-state index is -3.12. The minimum absolute atomic E-state index is 0.309. The Morgan fingerprint density at radius 1 is 1.24 bits per heavy atom. The van der Waals surface area contributed by atoms with Gasteiger partial charge in [0.2, 0.25) is 5.79 Å². The van der Waals surface area contributed by atoms with Gasteiger partial charge in [-0.15, -0.1) is 0 Å². The maximum atomic E-state index is 13.3. The van der Waals surface area contributed by atoms with E-state index < -0.39 is 34.2 Å². The number of hydrogen-bond acceptors (Lipinski definition) is 4. The molecular weight excluding hydrogens is 284 g/mol. The van der Waals surface area contributed by atoms with E-state index >= 15 is 0 Å². The zero-order valence-corrected chi connectivity index (χ0v) is 11.9. The molecule has 3 saturated carbocycles. The molecule has 2 bridgehead atoms.